The molecule has 2 N–H and O–H groups in total. The van der Waals surface area contributed by atoms with Crippen LogP contribution in [0.4, 0.5) is 8.78 Å². The maximum Gasteiger partial charge on any atom is 0.251 e. The standard InChI is InChI=1S/C19H17BrF2N2OS/c1-10-13(16-17(22)14(20)9-15(21)18(16)24-10)7-8-23-19(25)11-3-5-12(26-2)6-4-11/h3-6,9,24H,7-8H2,1-2H3,(H,23,25). The number of nitrogens with one attached hydrogen (secondary N) is 2. The van der Waals surface area contributed by atoms with Crippen LogP contribution in [0, 0.1) is 18.6 Å². The van der Waals surface area contributed by atoms with E-state index in [-0.39, 0.29) is 21.3 Å². The van der Waals surface area contributed by atoms with Crippen molar-refractivity contribution in [1.82, 2.24) is 10.3 Å². The third-order valence-corrected chi connectivity index (χ3v) is 5.57. The number of thioether (sulfide) groups is 1. The van der Waals surface area contributed by atoms with Gasteiger partial charge >= 0.3 is 0 Å². The zero-order chi connectivity index (χ0) is 18.8. The maximum absolute atomic E-state index is 14.5. The molecule has 0 aliphatic heterocycles. The van der Waals surface area contributed by atoms with Crippen molar-refractivity contribution in [2.45, 2.75) is 18.2 Å². The SMILES string of the molecule is CSc1ccc(C(=O)NCCc2c(C)[nH]c3c(F)cc(Br)c(F)c23)cc1. The second kappa shape index (κ2) is 7.80. The summed E-state index contributed by atoms with van der Waals surface area (Å²) in [6.45, 7) is 2.09. The molecule has 0 atom stereocenters. The van der Waals surface area contributed by atoms with Gasteiger partial charge in [-0.3, -0.25) is 4.79 Å². The number of rotatable bonds is 5. The molecule has 7 heteroatoms. The van der Waals surface area contributed by atoms with Crippen molar-refractivity contribution in [2.24, 2.45) is 0 Å². The molecular formula is C19H17BrF2N2OS. The second-order valence-electron chi connectivity index (χ2n) is 5.87. The van der Waals surface area contributed by atoms with Gasteiger partial charge in [0.25, 0.3) is 5.91 Å². The Labute approximate surface area is 162 Å². The van der Waals surface area contributed by atoms with Crippen molar-refractivity contribution in [3.8, 4) is 0 Å². The van der Waals surface area contributed by atoms with Crippen molar-refractivity contribution < 1.29 is 13.6 Å². The quantitative estimate of drug-likeness (QED) is 0.424. The molecule has 3 nitrogen and oxygen atoms in total. The van der Waals surface area contributed by atoms with E-state index in [4.69, 9.17) is 0 Å². The van der Waals surface area contributed by atoms with E-state index in [2.05, 4.69) is 26.2 Å². The molecule has 3 aromatic rings. The van der Waals surface area contributed by atoms with Crippen LogP contribution in [0.15, 0.2) is 39.7 Å². The summed E-state index contributed by atoms with van der Waals surface area (Å²) >= 11 is 4.65. The molecule has 3 rings (SSSR count). The molecule has 2 aromatic carbocycles. The number of benzene rings is 2. The van der Waals surface area contributed by atoms with E-state index in [1.165, 1.54) is 0 Å². The van der Waals surface area contributed by atoms with Gasteiger partial charge in [0.1, 0.15) is 11.6 Å². The minimum absolute atomic E-state index is 0.0840. The summed E-state index contributed by atoms with van der Waals surface area (Å²) in [6.07, 6.45) is 2.37. The molecule has 0 aliphatic rings. The van der Waals surface area contributed by atoms with Crippen molar-refractivity contribution in [2.75, 3.05) is 12.8 Å². The van der Waals surface area contributed by atoms with Crippen LogP contribution >= 0.6 is 27.7 Å². The predicted molar refractivity (Wildman–Crippen MR) is 105 cm³/mol. The number of aromatic nitrogens is 1. The number of halogens is 3. The fourth-order valence-electron chi connectivity index (χ4n) is 2.91. The molecule has 0 spiro atoms. The maximum atomic E-state index is 14.5. The van der Waals surface area contributed by atoms with Crippen LogP contribution in [0.2, 0.25) is 0 Å². The molecule has 1 aromatic heterocycles. The van der Waals surface area contributed by atoms with Gasteiger partial charge in [0.2, 0.25) is 0 Å². The minimum atomic E-state index is -0.513. The summed E-state index contributed by atoms with van der Waals surface area (Å²) in [4.78, 5) is 16.2. The Morgan fingerprint density at radius 1 is 1.27 bits per heavy atom. The molecule has 0 saturated heterocycles. The summed E-state index contributed by atoms with van der Waals surface area (Å²) < 4.78 is 28.6. The molecule has 1 amide bonds. The molecule has 0 bridgehead atoms. The molecule has 0 fully saturated rings. The summed E-state index contributed by atoms with van der Waals surface area (Å²) in [5.74, 6) is -1.21. The Kier molecular flexibility index (Phi) is 5.67. The van der Waals surface area contributed by atoms with Gasteiger partial charge in [-0.1, -0.05) is 0 Å². The van der Waals surface area contributed by atoms with E-state index in [0.29, 0.717) is 29.8 Å². The van der Waals surface area contributed by atoms with Gasteiger partial charge in [0, 0.05) is 28.1 Å². The summed E-state index contributed by atoms with van der Waals surface area (Å²) in [6, 6.07) is 8.42. The first-order chi connectivity index (χ1) is 12.4. The number of aryl methyl sites for hydroxylation is 1. The third-order valence-electron chi connectivity index (χ3n) is 4.25. The smallest absolute Gasteiger partial charge is 0.251 e. The first-order valence-corrected chi connectivity index (χ1v) is 10.0. The van der Waals surface area contributed by atoms with Crippen LogP contribution in [0.1, 0.15) is 21.6 Å². The minimum Gasteiger partial charge on any atom is -0.356 e. The van der Waals surface area contributed by atoms with Crippen LogP contribution in [0.25, 0.3) is 10.9 Å². The van der Waals surface area contributed by atoms with Gasteiger partial charge in [0.15, 0.2) is 0 Å². The van der Waals surface area contributed by atoms with Crippen LogP contribution < -0.4 is 5.32 Å². The fraction of sp³-hybridized carbons (Fsp3) is 0.211. The van der Waals surface area contributed by atoms with E-state index in [1.54, 1.807) is 30.8 Å². The largest absolute Gasteiger partial charge is 0.356 e. The Bertz CT molecular complexity index is 970. The average molecular weight is 439 g/mol. The van der Waals surface area contributed by atoms with Crippen molar-refractivity contribution >= 4 is 44.5 Å². The highest BCUT2D eigenvalue weighted by molar-refractivity contribution is 9.10. The van der Waals surface area contributed by atoms with E-state index in [9.17, 15) is 13.6 Å². The number of hydrogen-bond acceptors (Lipinski definition) is 2. The van der Waals surface area contributed by atoms with E-state index in [1.807, 2.05) is 18.4 Å². The lowest BCUT2D eigenvalue weighted by molar-refractivity contribution is 0.0954. The zero-order valence-corrected chi connectivity index (χ0v) is 16.7. The van der Waals surface area contributed by atoms with E-state index < -0.39 is 11.6 Å². The first kappa shape index (κ1) is 18.9. The number of carbonyl (C=O) groups excluding carboxylic acids is 1. The zero-order valence-electron chi connectivity index (χ0n) is 14.3. The summed E-state index contributed by atoms with van der Waals surface area (Å²) in [5, 5.41) is 3.06. The van der Waals surface area contributed by atoms with Gasteiger partial charge < -0.3 is 10.3 Å². The molecule has 1 heterocycles. The molecule has 26 heavy (non-hydrogen) atoms. The number of carbonyl (C=O) groups is 1. The van der Waals surface area contributed by atoms with Crippen molar-refractivity contribution in [1.29, 1.82) is 0 Å². The molecular weight excluding hydrogens is 422 g/mol. The van der Waals surface area contributed by atoms with Crippen molar-refractivity contribution in [3.63, 3.8) is 0 Å². The number of aromatic amines is 1. The van der Waals surface area contributed by atoms with Gasteiger partial charge in [-0.05, 0) is 71.4 Å². The number of amides is 1. The van der Waals surface area contributed by atoms with Gasteiger partial charge in [-0.25, -0.2) is 8.78 Å². The number of H-pyrrole nitrogens is 1. The van der Waals surface area contributed by atoms with Gasteiger partial charge in [0.05, 0.1) is 9.99 Å². The first-order valence-electron chi connectivity index (χ1n) is 7.99. The summed E-state index contributed by atoms with van der Waals surface area (Å²) in [7, 11) is 0. The highest BCUT2D eigenvalue weighted by atomic mass is 79.9. The fourth-order valence-corrected chi connectivity index (χ4v) is 3.72. The molecule has 0 radical (unpaired) electrons. The third kappa shape index (κ3) is 3.64. The monoisotopic (exact) mass is 438 g/mol. The lowest BCUT2D eigenvalue weighted by Crippen LogP contribution is -2.25. The van der Waals surface area contributed by atoms with E-state index >= 15 is 0 Å². The highest BCUT2D eigenvalue weighted by Crippen LogP contribution is 2.32. The molecule has 0 unspecified atom stereocenters. The van der Waals surface area contributed by atoms with E-state index in [0.717, 1.165) is 11.0 Å². The molecule has 0 aliphatic carbocycles. The predicted octanol–water partition coefficient (Wildman–Crippen LogP) is 5.21. The van der Waals surface area contributed by atoms with Crippen LogP contribution in [0.3, 0.4) is 0 Å². The molecule has 0 saturated carbocycles. The normalized spacial score (nSPS) is 11.1. The van der Waals surface area contributed by atoms with Crippen LogP contribution in [0.5, 0.6) is 0 Å². The lowest BCUT2D eigenvalue weighted by Gasteiger charge is -2.07. The topological polar surface area (TPSA) is 44.9 Å². The van der Waals surface area contributed by atoms with Gasteiger partial charge in [-0.15, -0.1) is 11.8 Å². The number of hydrogen-bond donors (Lipinski definition) is 2. The Morgan fingerprint density at radius 2 is 1.96 bits per heavy atom. The molecule has 136 valence electrons. The average Bonchev–Trinajstić information content (AvgIpc) is 2.97. The van der Waals surface area contributed by atoms with Crippen molar-refractivity contribution in [3.05, 3.63) is 63.3 Å². The Hall–Kier alpha value is -1.86. The number of fused-ring (bicyclic) bond motifs is 1. The Balaban J connectivity index is 1.75. The highest BCUT2D eigenvalue weighted by Gasteiger charge is 2.18. The lowest BCUT2D eigenvalue weighted by atomic mass is 10.1. The summed E-state index contributed by atoms with van der Waals surface area (Å²) in [5.41, 5.74) is 2.07. The van der Waals surface area contributed by atoms with Crippen LogP contribution in [-0.2, 0) is 6.42 Å². The second-order valence-corrected chi connectivity index (χ2v) is 7.60. The Morgan fingerprint density at radius 3 is 2.62 bits per heavy atom. The van der Waals surface area contributed by atoms with Crippen LogP contribution in [-0.4, -0.2) is 23.7 Å². The van der Waals surface area contributed by atoms with Gasteiger partial charge in [-0.2, -0.15) is 0 Å².